The summed E-state index contributed by atoms with van der Waals surface area (Å²) in [6.45, 7) is 21.6. The molecule has 9 nitrogen and oxygen atoms in total. The van der Waals surface area contributed by atoms with Crippen LogP contribution in [0.3, 0.4) is 0 Å². The van der Waals surface area contributed by atoms with Crippen LogP contribution in [0.1, 0.15) is 48.5 Å². The molecule has 1 fully saturated rings. The van der Waals surface area contributed by atoms with Crippen molar-refractivity contribution in [2.45, 2.75) is 54.6 Å². The number of rotatable bonds is 18. The van der Waals surface area contributed by atoms with Crippen LogP contribution in [0, 0.1) is 0 Å². The largest absolute Gasteiger partial charge is 0.515 e. The molecule has 0 aromatic rings. The second kappa shape index (κ2) is 15.9. The Morgan fingerprint density at radius 2 is 0.938 bits per heavy atom. The van der Waals surface area contributed by atoms with Crippen LogP contribution in [0.25, 0.3) is 0 Å². The Morgan fingerprint density at radius 1 is 0.625 bits per heavy atom. The third-order valence-electron chi connectivity index (χ3n) is 5.57. The van der Waals surface area contributed by atoms with Crippen LogP contribution in [0.5, 0.6) is 0 Å². The van der Waals surface area contributed by atoms with Gasteiger partial charge in [0.15, 0.2) is 0 Å². The molecule has 1 aliphatic heterocycles. The van der Waals surface area contributed by atoms with Crippen LogP contribution in [-0.4, -0.2) is 124 Å². The van der Waals surface area contributed by atoms with E-state index in [4.69, 9.17) is 26.6 Å². The van der Waals surface area contributed by atoms with Gasteiger partial charge in [-0.15, -0.1) is 0 Å². The number of hydrogen-bond donors (Lipinski definition) is 0. The van der Waals surface area contributed by atoms with E-state index in [1.54, 1.807) is 0 Å². The quantitative estimate of drug-likeness (QED) is 0.266. The monoisotopic (exact) mass is 495 g/mol. The highest BCUT2D eigenvalue weighted by atomic mass is 28.4. The molecule has 11 heteroatoms. The van der Waals surface area contributed by atoms with Crippen LogP contribution >= 0.6 is 0 Å². The van der Waals surface area contributed by atoms with Crippen molar-refractivity contribution < 1.29 is 26.6 Å². The summed E-state index contributed by atoms with van der Waals surface area (Å²) in [5.74, 6) is 0. The molecule has 192 valence electrons. The minimum atomic E-state index is -2.92. The number of likely N-dealkylation sites (N-methyl/N-ethyl adjacent to an activating group) is 1. The van der Waals surface area contributed by atoms with Gasteiger partial charge >= 0.3 is 17.6 Å². The van der Waals surface area contributed by atoms with E-state index in [2.05, 4.69) is 28.7 Å². The Morgan fingerprint density at radius 3 is 1.22 bits per heavy atom. The Hall–Kier alpha value is 0.0738. The van der Waals surface area contributed by atoms with Crippen molar-refractivity contribution in [2.24, 2.45) is 0 Å². The van der Waals surface area contributed by atoms with Crippen molar-refractivity contribution >= 4 is 17.6 Å². The van der Waals surface area contributed by atoms with E-state index >= 15 is 0 Å². The summed E-state index contributed by atoms with van der Waals surface area (Å²) in [5.41, 5.74) is 0. The molecule has 0 spiro atoms. The molecule has 1 aliphatic rings. The van der Waals surface area contributed by atoms with Gasteiger partial charge in [-0.25, -0.2) is 0 Å². The molecule has 1 saturated heterocycles. The minimum absolute atomic E-state index is 0.144. The van der Waals surface area contributed by atoms with Crippen LogP contribution in [0.2, 0.25) is 0 Å². The molecule has 32 heavy (non-hydrogen) atoms. The van der Waals surface area contributed by atoms with Crippen molar-refractivity contribution in [3.05, 3.63) is 0 Å². The van der Waals surface area contributed by atoms with Crippen LogP contribution in [0.4, 0.5) is 0 Å². The smallest absolute Gasteiger partial charge is 0.373 e. The fraction of sp³-hybridized carbons (Fsp3) is 1.00. The van der Waals surface area contributed by atoms with Gasteiger partial charge in [0.1, 0.15) is 0 Å². The summed E-state index contributed by atoms with van der Waals surface area (Å²) in [4.78, 5) is 7.24. The molecule has 1 heterocycles. The third-order valence-corrected chi connectivity index (χ3v) is 11.5. The van der Waals surface area contributed by atoms with Gasteiger partial charge in [-0.1, -0.05) is 0 Å². The third kappa shape index (κ3) is 9.37. The van der Waals surface area contributed by atoms with Gasteiger partial charge in [0, 0.05) is 65.8 Å². The number of nitrogens with zero attached hydrogens (tertiary/aromatic N) is 3. The molecule has 0 N–H and O–H groups in total. The Bertz CT molecular complexity index is 424. The predicted molar refractivity (Wildman–Crippen MR) is 131 cm³/mol. The molecular weight excluding hydrogens is 446 g/mol. The minimum Gasteiger partial charge on any atom is -0.373 e. The summed E-state index contributed by atoms with van der Waals surface area (Å²) in [6, 6.07) is 0. The molecule has 0 amide bonds. The molecule has 0 bridgehead atoms. The molecule has 0 radical (unpaired) electrons. The van der Waals surface area contributed by atoms with E-state index in [0.717, 1.165) is 26.2 Å². The lowest BCUT2D eigenvalue weighted by molar-refractivity contribution is -0.00617. The molecule has 0 aliphatic carbocycles. The molecule has 0 aromatic heterocycles. The van der Waals surface area contributed by atoms with Crippen LogP contribution in [0.15, 0.2) is 0 Å². The second-order valence-corrected chi connectivity index (χ2v) is 12.9. The van der Waals surface area contributed by atoms with Gasteiger partial charge in [0.2, 0.25) is 0 Å². The molecule has 1 atom stereocenters. The lowest BCUT2D eigenvalue weighted by atomic mass is 10.3. The average Bonchev–Trinajstić information content (AvgIpc) is 2.74. The molecule has 1 unspecified atom stereocenters. The standard InChI is InChI=1S/C21H49N3O6Si2/c1-9-25-31(26-10-2,27-11-3)19-24(21(7)23-17-15-22(8)16-18-23)20-32(28-12-4,29-13-5)30-14-6/h21H,9-20H2,1-8H3. The fourth-order valence-electron chi connectivity index (χ4n) is 4.09. The van der Waals surface area contributed by atoms with Gasteiger partial charge in [-0.3, -0.25) is 9.80 Å². The maximum Gasteiger partial charge on any atom is 0.515 e. The lowest BCUT2D eigenvalue weighted by Crippen LogP contribution is -2.66. The summed E-state index contributed by atoms with van der Waals surface area (Å²) in [6.07, 6.45) is 1.28. The highest BCUT2D eigenvalue weighted by molar-refractivity contribution is 6.62. The van der Waals surface area contributed by atoms with E-state index in [1.807, 2.05) is 41.5 Å². The summed E-state index contributed by atoms with van der Waals surface area (Å²) in [5, 5.41) is 0. The van der Waals surface area contributed by atoms with Crippen LogP contribution < -0.4 is 0 Å². The van der Waals surface area contributed by atoms with Gasteiger partial charge in [0.25, 0.3) is 0 Å². The second-order valence-electron chi connectivity index (χ2n) is 7.84. The average molecular weight is 496 g/mol. The fourth-order valence-corrected chi connectivity index (χ4v) is 9.74. The summed E-state index contributed by atoms with van der Waals surface area (Å²) < 4.78 is 37.3. The Balaban J connectivity index is 3.27. The van der Waals surface area contributed by atoms with Gasteiger partial charge < -0.3 is 31.5 Å². The van der Waals surface area contributed by atoms with Gasteiger partial charge in [0.05, 0.1) is 18.5 Å². The van der Waals surface area contributed by atoms with Crippen molar-refractivity contribution in [1.29, 1.82) is 0 Å². The Kier molecular flexibility index (Phi) is 14.9. The summed E-state index contributed by atoms with van der Waals surface area (Å²) in [7, 11) is -3.67. The number of hydrogen-bond acceptors (Lipinski definition) is 9. The van der Waals surface area contributed by atoms with Crippen molar-refractivity contribution in [2.75, 3.05) is 85.2 Å². The number of piperazine rings is 1. The predicted octanol–water partition coefficient (Wildman–Crippen LogP) is 2.06. The Labute approximate surface area is 198 Å². The lowest BCUT2D eigenvalue weighted by Gasteiger charge is -2.45. The maximum absolute atomic E-state index is 6.21. The van der Waals surface area contributed by atoms with Crippen molar-refractivity contribution in [3.63, 3.8) is 0 Å². The zero-order valence-corrected chi connectivity index (χ0v) is 23.9. The van der Waals surface area contributed by atoms with E-state index in [0.29, 0.717) is 52.0 Å². The molecular formula is C21H49N3O6Si2. The molecule has 0 aromatic carbocycles. The van der Waals surface area contributed by atoms with Crippen LogP contribution in [-0.2, 0) is 26.6 Å². The maximum atomic E-state index is 6.21. The van der Waals surface area contributed by atoms with Crippen molar-refractivity contribution in [1.82, 2.24) is 14.7 Å². The summed E-state index contributed by atoms with van der Waals surface area (Å²) >= 11 is 0. The SMILES string of the molecule is CCO[Si](CN(C[Si](OCC)(OCC)OCC)C(C)N1CCN(C)CC1)(OCC)OCC. The van der Waals surface area contributed by atoms with Gasteiger partial charge in [-0.2, -0.15) is 0 Å². The normalized spacial score (nSPS) is 17.9. The molecule has 1 rings (SSSR count). The van der Waals surface area contributed by atoms with E-state index < -0.39 is 17.6 Å². The molecule has 0 saturated carbocycles. The highest BCUT2D eigenvalue weighted by Crippen LogP contribution is 2.21. The topological polar surface area (TPSA) is 65.1 Å². The first-order valence-corrected chi connectivity index (χ1v) is 16.2. The van der Waals surface area contributed by atoms with E-state index in [-0.39, 0.29) is 6.17 Å². The van der Waals surface area contributed by atoms with Gasteiger partial charge in [-0.05, 0) is 55.5 Å². The van der Waals surface area contributed by atoms with E-state index in [9.17, 15) is 0 Å². The zero-order chi connectivity index (χ0) is 24.0. The highest BCUT2D eigenvalue weighted by Gasteiger charge is 2.50. The first-order valence-electron chi connectivity index (χ1n) is 12.3. The zero-order valence-electron chi connectivity index (χ0n) is 21.9. The van der Waals surface area contributed by atoms with E-state index in [1.165, 1.54) is 0 Å². The first-order chi connectivity index (χ1) is 15.3. The first kappa shape index (κ1) is 30.1. The van der Waals surface area contributed by atoms with Crippen molar-refractivity contribution in [3.8, 4) is 0 Å².